The number of nitrogens with zero attached hydrogens (tertiary/aromatic N) is 1. The minimum Gasteiger partial charge on any atom is -0.489 e. The summed E-state index contributed by atoms with van der Waals surface area (Å²) in [7, 11) is 0. The summed E-state index contributed by atoms with van der Waals surface area (Å²) in [5.41, 5.74) is 1.27. The van der Waals surface area contributed by atoms with Crippen molar-refractivity contribution < 1.29 is 9.15 Å². The van der Waals surface area contributed by atoms with Crippen LogP contribution in [-0.4, -0.2) is 6.61 Å². The maximum Gasteiger partial charge on any atom is 0.354 e. The molecule has 0 N–H and O–H groups in total. The quantitative estimate of drug-likeness (QED) is 0.625. The summed E-state index contributed by atoms with van der Waals surface area (Å²) in [5.74, 6) is 0.639. The van der Waals surface area contributed by atoms with Gasteiger partial charge in [-0.05, 0) is 31.5 Å². The molecular formula is C15H13NO3. The number of fused-ring (bicyclic) bond motifs is 1. The summed E-state index contributed by atoms with van der Waals surface area (Å²) in [4.78, 5) is 11.7. The van der Waals surface area contributed by atoms with E-state index in [9.17, 15) is 4.79 Å². The molecule has 0 unspecified atom stereocenters. The summed E-state index contributed by atoms with van der Waals surface area (Å²) in [6.07, 6.45) is 1.64. The zero-order chi connectivity index (χ0) is 14.0. The minimum absolute atomic E-state index is 0.0478. The molecule has 0 amide bonds. The molecule has 0 saturated carbocycles. The van der Waals surface area contributed by atoms with Gasteiger partial charge in [0.15, 0.2) is 0 Å². The Bertz CT molecular complexity index is 751. The second-order valence-electron chi connectivity index (χ2n) is 4.17. The Balaban J connectivity index is 2.75. The van der Waals surface area contributed by atoms with Crippen LogP contribution in [0.25, 0.3) is 11.0 Å². The van der Waals surface area contributed by atoms with Crippen LogP contribution in [0.5, 0.6) is 5.75 Å². The molecule has 1 heterocycles. The molecule has 0 spiro atoms. The second-order valence-corrected chi connectivity index (χ2v) is 4.17. The summed E-state index contributed by atoms with van der Waals surface area (Å²) in [6, 6.07) is 5.47. The van der Waals surface area contributed by atoms with Crippen LogP contribution in [0.4, 0.5) is 0 Å². The number of benzene rings is 1. The third-order valence-electron chi connectivity index (χ3n) is 3.00. The lowest BCUT2D eigenvalue weighted by atomic mass is 10.0. The van der Waals surface area contributed by atoms with Gasteiger partial charge in [0.05, 0.1) is 0 Å². The van der Waals surface area contributed by atoms with Crippen LogP contribution in [0.1, 0.15) is 16.7 Å². The Morgan fingerprint density at radius 3 is 2.79 bits per heavy atom. The molecule has 19 heavy (non-hydrogen) atoms. The molecule has 4 heteroatoms. The lowest BCUT2D eigenvalue weighted by molar-refractivity contribution is 0.360. The van der Waals surface area contributed by atoms with E-state index >= 15 is 0 Å². The van der Waals surface area contributed by atoms with E-state index in [1.807, 2.05) is 13.0 Å². The normalized spacial score (nSPS) is 10.2. The van der Waals surface area contributed by atoms with Crippen molar-refractivity contribution in [2.45, 2.75) is 13.8 Å². The number of hydrogen-bond donors (Lipinski definition) is 0. The van der Waals surface area contributed by atoms with Crippen LogP contribution >= 0.6 is 0 Å². The molecule has 0 aliphatic rings. The Kier molecular flexibility index (Phi) is 3.39. The fourth-order valence-electron chi connectivity index (χ4n) is 1.97. The average Bonchev–Trinajstić information content (AvgIpc) is 2.39. The lowest BCUT2D eigenvalue weighted by Crippen LogP contribution is -2.07. The smallest absolute Gasteiger partial charge is 0.354 e. The number of hydrogen-bond acceptors (Lipinski definition) is 4. The average molecular weight is 255 g/mol. The van der Waals surface area contributed by atoms with Crippen LogP contribution in [0.15, 0.2) is 34.0 Å². The summed E-state index contributed by atoms with van der Waals surface area (Å²) < 4.78 is 10.7. The maximum atomic E-state index is 11.7. The molecule has 0 fully saturated rings. The highest BCUT2D eigenvalue weighted by Crippen LogP contribution is 2.29. The van der Waals surface area contributed by atoms with Gasteiger partial charge >= 0.3 is 5.63 Å². The molecule has 0 bridgehead atoms. The summed E-state index contributed by atoms with van der Waals surface area (Å²) in [6.45, 7) is 7.52. The fourth-order valence-corrected chi connectivity index (χ4v) is 1.97. The van der Waals surface area contributed by atoms with Gasteiger partial charge in [0.1, 0.15) is 29.6 Å². The number of aryl methyl sites for hydroxylation is 2. The van der Waals surface area contributed by atoms with Gasteiger partial charge in [-0.25, -0.2) is 4.79 Å². The first-order valence-corrected chi connectivity index (χ1v) is 5.81. The van der Waals surface area contributed by atoms with E-state index < -0.39 is 5.63 Å². The highest BCUT2D eigenvalue weighted by molar-refractivity contribution is 5.86. The standard InChI is InChI=1S/C15H13NO3/c1-4-7-18-13-6-5-11-9(2)12(8-16)15(17)19-14(11)10(13)3/h4-6H,1,7H2,2-3H3. The molecule has 1 aromatic carbocycles. The third-order valence-corrected chi connectivity index (χ3v) is 3.00. The molecule has 2 rings (SSSR count). The van der Waals surface area contributed by atoms with Crippen molar-refractivity contribution in [3.8, 4) is 11.8 Å². The number of nitriles is 1. The van der Waals surface area contributed by atoms with E-state index in [-0.39, 0.29) is 5.56 Å². The van der Waals surface area contributed by atoms with E-state index in [0.29, 0.717) is 23.5 Å². The molecule has 1 aromatic heterocycles. The van der Waals surface area contributed by atoms with Crippen molar-refractivity contribution in [1.82, 2.24) is 0 Å². The van der Waals surface area contributed by atoms with E-state index in [1.54, 1.807) is 25.1 Å². The van der Waals surface area contributed by atoms with Gasteiger partial charge in [0.25, 0.3) is 0 Å². The van der Waals surface area contributed by atoms with Crippen LogP contribution < -0.4 is 10.4 Å². The first-order valence-electron chi connectivity index (χ1n) is 5.81. The van der Waals surface area contributed by atoms with Crippen molar-refractivity contribution in [2.24, 2.45) is 0 Å². The fraction of sp³-hybridized carbons (Fsp3) is 0.200. The van der Waals surface area contributed by atoms with Crippen molar-refractivity contribution in [3.63, 3.8) is 0 Å². The molecule has 96 valence electrons. The van der Waals surface area contributed by atoms with Gasteiger partial charge in [-0.1, -0.05) is 12.7 Å². The van der Waals surface area contributed by atoms with Crippen molar-refractivity contribution in [2.75, 3.05) is 6.61 Å². The Morgan fingerprint density at radius 2 is 2.16 bits per heavy atom. The van der Waals surface area contributed by atoms with Crippen molar-refractivity contribution in [3.05, 3.63) is 51.9 Å². The number of ether oxygens (including phenoxy) is 1. The van der Waals surface area contributed by atoms with Gasteiger partial charge in [-0.2, -0.15) is 5.26 Å². The minimum atomic E-state index is -0.614. The number of rotatable bonds is 3. The van der Waals surface area contributed by atoms with Gasteiger partial charge < -0.3 is 9.15 Å². The Morgan fingerprint density at radius 1 is 1.42 bits per heavy atom. The molecule has 0 aliphatic carbocycles. The first kappa shape index (κ1) is 12.9. The molecule has 0 aliphatic heterocycles. The summed E-state index contributed by atoms with van der Waals surface area (Å²) in [5, 5.41) is 9.70. The Hall–Kier alpha value is -2.54. The Labute approximate surface area is 110 Å². The van der Waals surface area contributed by atoms with E-state index in [0.717, 1.165) is 10.9 Å². The van der Waals surface area contributed by atoms with E-state index in [1.165, 1.54) is 0 Å². The van der Waals surface area contributed by atoms with E-state index in [4.69, 9.17) is 14.4 Å². The van der Waals surface area contributed by atoms with Crippen LogP contribution in [0, 0.1) is 25.2 Å². The van der Waals surface area contributed by atoms with Gasteiger partial charge in [-0.15, -0.1) is 0 Å². The van der Waals surface area contributed by atoms with Crippen molar-refractivity contribution in [1.29, 1.82) is 5.26 Å². The molecule has 0 radical (unpaired) electrons. The zero-order valence-corrected chi connectivity index (χ0v) is 10.8. The SMILES string of the molecule is C=CCOc1ccc2c(C)c(C#N)c(=O)oc2c1C. The van der Waals surface area contributed by atoms with Gasteiger partial charge in [0.2, 0.25) is 0 Å². The lowest BCUT2D eigenvalue weighted by Gasteiger charge is -2.10. The zero-order valence-electron chi connectivity index (χ0n) is 10.8. The van der Waals surface area contributed by atoms with Crippen LogP contribution in [0.2, 0.25) is 0 Å². The molecule has 0 saturated heterocycles. The second kappa shape index (κ2) is 4.99. The van der Waals surface area contributed by atoms with Crippen molar-refractivity contribution >= 4 is 11.0 Å². The predicted octanol–water partition coefficient (Wildman–Crippen LogP) is 2.85. The summed E-state index contributed by atoms with van der Waals surface area (Å²) >= 11 is 0. The molecule has 4 nitrogen and oxygen atoms in total. The molecular weight excluding hydrogens is 242 g/mol. The van der Waals surface area contributed by atoms with Crippen LogP contribution in [-0.2, 0) is 0 Å². The first-order chi connectivity index (χ1) is 9.10. The highest BCUT2D eigenvalue weighted by atomic mass is 16.5. The monoisotopic (exact) mass is 255 g/mol. The molecule has 2 aromatic rings. The van der Waals surface area contributed by atoms with E-state index in [2.05, 4.69) is 6.58 Å². The molecule has 0 atom stereocenters. The van der Waals surface area contributed by atoms with Gasteiger partial charge in [-0.3, -0.25) is 0 Å². The predicted molar refractivity (Wildman–Crippen MR) is 72.4 cm³/mol. The maximum absolute atomic E-state index is 11.7. The topological polar surface area (TPSA) is 63.2 Å². The van der Waals surface area contributed by atoms with Gasteiger partial charge in [0, 0.05) is 10.9 Å². The third kappa shape index (κ3) is 2.11. The van der Waals surface area contributed by atoms with Crippen LogP contribution in [0.3, 0.4) is 0 Å². The largest absolute Gasteiger partial charge is 0.489 e. The highest BCUT2D eigenvalue weighted by Gasteiger charge is 2.14.